The highest BCUT2D eigenvalue weighted by atomic mass is 15.1. The molecule has 0 atom stereocenters. The molecule has 29 heavy (non-hydrogen) atoms. The van der Waals surface area contributed by atoms with Gasteiger partial charge in [-0.25, -0.2) is 0 Å². The molecule has 0 radical (unpaired) electrons. The molecule has 3 rings (SSSR count). The van der Waals surface area contributed by atoms with Gasteiger partial charge in [0, 0.05) is 62.4 Å². The molecule has 0 fully saturated rings. The van der Waals surface area contributed by atoms with Crippen LogP contribution in [0.5, 0.6) is 0 Å². The summed E-state index contributed by atoms with van der Waals surface area (Å²) >= 11 is 0. The number of pyridine rings is 2. The molecule has 0 aliphatic heterocycles. The van der Waals surface area contributed by atoms with Crippen LogP contribution in [0.25, 0.3) is 6.08 Å². The number of fused-ring (bicyclic) bond motifs is 1. The highest BCUT2D eigenvalue weighted by molar-refractivity contribution is 5.58. The summed E-state index contributed by atoms with van der Waals surface area (Å²) in [7, 11) is 0. The van der Waals surface area contributed by atoms with Crippen LogP contribution in [0.15, 0.2) is 36.5 Å². The van der Waals surface area contributed by atoms with E-state index in [-0.39, 0.29) is 0 Å². The van der Waals surface area contributed by atoms with Crippen LogP contribution in [-0.4, -0.2) is 47.6 Å². The lowest BCUT2D eigenvalue weighted by Gasteiger charge is -2.22. The van der Waals surface area contributed by atoms with Crippen LogP contribution in [0.1, 0.15) is 48.0 Å². The predicted molar refractivity (Wildman–Crippen MR) is 121 cm³/mol. The first-order valence-corrected chi connectivity index (χ1v) is 11.0. The maximum absolute atomic E-state index is 4.55. The Morgan fingerprint density at radius 2 is 1.86 bits per heavy atom. The third kappa shape index (κ3) is 7.03. The van der Waals surface area contributed by atoms with E-state index in [9.17, 15) is 0 Å². The lowest BCUT2D eigenvalue weighted by atomic mass is 9.98. The van der Waals surface area contributed by atoms with Crippen molar-refractivity contribution in [3.8, 4) is 0 Å². The van der Waals surface area contributed by atoms with Crippen LogP contribution in [0.3, 0.4) is 0 Å². The highest BCUT2D eigenvalue weighted by Crippen LogP contribution is 2.20. The van der Waals surface area contributed by atoms with Crippen molar-refractivity contribution in [2.24, 2.45) is 0 Å². The van der Waals surface area contributed by atoms with Gasteiger partial charge in [-0.1, -0.05) is 25.1 Å². The Labute approximate surface area is 175 Å². The van der Waals surface area contributed by atoms with Crippen molar-refractivity contribution in [3.63, 3.8) is 0 Å². The molecule has 156 valence electrons. The molecule has 0 spiro atoms. The van der Waals surface area contributed by atoms with Gasteiger partial charge in [-0.05, 0) is 56.5 Å². The quantitative estimate of drug-likeness (QED) is 0.542. The lowest BCUT2D eigenvalue weighted by molar-refractivity contribution is 0.272. The summed E-state index contributed by atoms with van der Waals surface area (Å²) in [6.07, 6.45) is 9.80. The summed E-state index contributed by atoms with van der Waals surface area (Å²) < 4.78 is 0. The second kappa shape index (κ2) is 11.8. The molecule has 2 N–H and O–H groups in total. The van der Waals surface area contributed by atoms with Gasteiger partial charge < -0.3 is 15.5 Å². The van der Waals surface area contributed by atoms with E-state index < -0.39 is 0 Å². The number of nitrogens with zero attached hydrogens (tertiary/aromatic N) is 3. The molecule has 5 heteroatoms. The Morgan fingerprint density at radius 3 is 2.66 bits per heavy atom. The summed E-state index contributed by atoms with van der Waals surface area (Å²) in [4.78, 5) is 11.6. The van der Waals surface area contributed by atoms with Crippen molar-refractivity contribution in [1.82, 2.24) is 25.5 Å². The molecule has 5 nitrogen and oxygen atoms in total. The second-order valence-corrected chi connectivity index (χ2v) is 7.74. The molecule has 1 aliphatic carbocycles. The molecule has 0 amide bonds. The van der Waals surface area contributed by atoms with E-state index in [4.69, 9.17) is 0 Å². The monoisotopic (exact) mass is 393 g/mol. The van der Waals surface area contributed by atoms with Crippen LogP contribution in [0.4, 0.5) is 0 Å². The fourth-order valence-electron chi connectivity index (χ4n) is 3.80. The van der Waals surface area contributed by atoms with E-state index in [0.29, 0.717) is 0 Å². The minimum atomic E-state index is 0.834. The molecular weight excluding hydrogens is 358 g/mol. The van der Waals surface area contributed by atoms with E-state index >= 15 is 0 Å². The lowest BCUT2D eigenvalue weighted by Crippen LogP contribution is -2.37. The topological polar surface area (TPSA) is 53.1 Å². The van der Waals surface area contributed by atoms with Gasteiger partial charge >= 0.3 is 0 Å². The van der Waals surface area contributed by atoms with E-state index in [2.05, 4.69) is 62.8 Å². The standard InChI is InChI=1S/C24H35N5/c1-3-15-29(17-14-26-19-22-8-6-7-20(2)28-22)16-13-25-18-21-11-12-27-24-10-5-4-9-23(21)24/h4,6-9,11-12,25-26H,3,5,10,13-19H2,1-2H3. The Balaban J connectivity index is 1.37. The number of aryl methyl sites for hydroxylation is 2. The van der Waals surface area contributed by atoms with Crippen LogP contribution < -0.4 is 10.6 Å². The number of allylic oxidation sites excluding steroid dienone is 1. The van der Waals surface area contributed by atoms with Crippen LogP contribution in [0, 0.1) is 6.92 Å². The first-order valence-electron chi connectivity index (χ1n) is 11.0. The van der Waals surface area contributed by atoms with Crippen molar-refractivity contribution in [3.05, 3.63) is 64.7 Å². The van der Waals surface area contributed by atoms with Gasteiger partial charge in [0.1, 0.15) is 0 Å². The molecule has 0 saturated carbocycles. The van der Waals surface area contributed by atoms with E-state index in [0.717, 1.165) is 70.0 Å². The van der Waals surface area contributed by atoms with Gasteiger partial charge in [-0.2, -0.15) is 0 Å². The van der Waals surface area contributed by atoms with Gasteiger partial charge in [0.15, 0.2) is 0 Å². The zero-order chi connectivity index (χ0) is 20.3. The Bertz CT molecular complexity index is 787. The zero-order valence-corrected chi connectivity index (χ0v) is 18.0. The van der Waals surface area contributed by atoms with Crippen molar-refractivity contribution < 1.29 is 0 Å². The fraction of sp³-hybridized carbons (Fsp3) is 0.500. The van der Waals surface area contributed by atoms with Gasteiger partial charge in [0.25, 0.3) is 0 Å². The van der Waals surface area contributed by atoms with Crippen LogP contribution in [-0.2, 0) is 19.5 Å². The minimum Gasteiger partial charge on any atom is -0.311 e. The summed E-state index contributed by atoms with van der Waals surface area (Å²) in [6, 6.07) is 8.34. The first kappa shape index (κ1) is 21.6. The largest absolute Gasteiger partial charge is 0.311 e. The molecule has 0 aromatic carbocycles. The average Bonchev–Trinajstić information content (AvgIpc) is 2.74. The molecule has 0 bridgehead atoms. The van der Waals surface area contributed by atoms with Crippen molar-refractivity contribution in [1.29, 1.82) is 0 Å². The van der Waals surface area contributed by atoms with Crippen molar-refractivity contribution in [2.75, 3.05) is 32.7 Å². The average molecular weight is 394 g/mol. The van der Waals surface area contributed by atoms with Crippen molar-refractivity contribution in [2.45, 2.75) is 46.2 Å². The summed E-state index contributed by atoms with van der Waals surface area (Å²) in [5.74, 6) is 0. The fourth-order valence-corrected chi connectivity index (χ4v) is 3.80. The zero-order valence-electron chi connectivity index (χ0n) is 18.0. The maximum Gasteiger partial charge on any atom is 0.0544 e. The van der Waals surface area contributed by atoms with Crippen LogP contribution in [0.2, 0.25) is 0 Å². The summed E-state index contributed by atoms with van der Waals surface area (Å²) in [6.45, 7) is 11.3. The Kier molecular flexibility index (Phi) is 8.81. The van der Waals surface area contributed by atoms with Crippen molar-refractivity contribution >= 4 is 6.08 Å². The SMILES string of the molecule is CCCN(CCNCc1cccc(C)n1)CCNCc1ccnc2c1C=CCC2. The number of hydrogen-bond donors (Lipinski definition) is 2. The Hall–Kier alpha value is -2.08. The van der Waals surface area contributed by atoms with E-state index in [1.54, 1.807) is 0 Å². The Morgan fingerprint density at radius 1 is 1.03 bits per heavy atom. The smallest absolute Gasteiger partial charge is 0.0544 e. The summed E-state index contributed by atoms with van der Waals surface area (Å²) in [5.41, 5.74) is 6.12. The molecule has 0 unspecified atom stereocenters. The molecular formula is C24H35N5. The van der Waals surface area contributed by atoms with Gasteiger partial charge in [0.2, 0.25) is 0 Å². The number of hydrogen-bond acceptors (Lipinski definition) is 5. The third-order valence-electron chi connectivity index (χ3n) is 5.31. The normalized spacial score (nSPS) is 13.1. The summed E-state index contributed by atoms with van der Waals surface area (Å²) in [5, 5.41) is 7.16. The van der Waals surface area contributed by atoms with Gasteiger partial charge in [-0.15, -0.1) is 0 Å². The number of rotatable bonds is 12. The molecule has 1 aliphatic rings. The predicted octanol–water partition coefficient (Wildman–Crippen LogP) is 3.34. The van der Waals surface area contributed by atoms with Gasteiger partial charge in [0.05, 0.1) is 5.69 Å². The second-order valence-electron chi connectivity index (χ2n) is 7.74. The van der Waals surface area contributed by atoms with Crippen LogP contribution >= 0.6 is 0 Å². The molecule has 2 heterocycles. The first-order chi connectivity index (χ1) is 14.3. The molecule has 2 aromatic rings. The molecule has 2 aromatic heterocycles. The van der Waals surface area contributed by atoms with E-state index in [1.165, 1.54) is 23.2 Å². The minimum absolute atomic E-state index is 0.834. The highest BCUT2D eigenvalue weighted by Gasteiger charge is 2.10. The maximum atomic E-state index is 4.55. The third-order valence-corrected chi connectivity index (χ3v) is 5.31. The van der Waals surface area contributed by atoms with E-state index in [1.807, 2.05) is 19.2 Å². The van der Waals surface area contributed by atoms with Gasteiger partial charge in [-0.3, -0.25) is 9.97 Å². The molecule has 0 saturated heterocycles. The number of aromatic nitrogens is 2. The number of nitrogens with one attached hydrogen (secondary N) is 2.